The Bertz CT molecular complexity index is 1190. The summed E-state index contributed by atoms with van der Waals surface area (Å²) in [5, 5.41) is 2.30. The van der Waals surface area contributed by atoms with E-state index in [9.17, 15) is 14.4 Å². The van der Waals surface area contributed by atoms with E-state index in [1.54, 1.807) is 7.11 Å². The number of methoxy groups -OCH3 is 1. The number of para-hydroxylation sites is 1. The molecule has 0 bridgehead atoms. The van der Waals surface area contributed by atoms with Crippen LogP contribution in [0.1, 0.15) is 64.2 Å². The molecule has 2 fully saturated rings. The number of halogens is 1. The number of carbonyl (C=O) groups excluding carboxylic acids is 3. The summed E-state index contributed by atoms with van der Waals surface area (Å²) < 4.78 is 20.8. The molecule has 0 radical (unpaired) electrons. The third-order valence-corrected chi connectivity index (χ3v) is 7.56. The van der Waals surface area contributed by atoms with Crippen molar-refractivity contribution in [3.8, 4) is 5.75 Å². The average Bonchev–Trinajstić information content (AvgIpc) is 3.14. The van der Waals surface area contributed by atoms with Gasteiger partial charge in [-0.1, -0.05) is 24.3 Å². The Morgan fingerprint density at radius 1 is 1.11 bits per heavy atom. The summed E-state index contributed by atoms with van der Waals surface area (Å²) in [5.41, 5.74) is 3.99. The van der Waals surface area contributed by atoms with Gasteiger partial charge in [0.15, 0.2) is 0 Å². The molecule has 7 nitrogen and oxygen atoms in total. The first-order valence-corrected chi connectivity index (χ1v) is 12.2. The molecule has 2 aromatic rings. The number of piperidine rings is 2. The number of nitrogens with zero attached hydrogens (tertiary/aromatic N) is 2. The van der Waals surface area contributed by atoms with Crippen molar-refractivity contribution in [2.24, 2.45) is 0 Å². The third kappa shape index (κ3) is 4.43. The second kappa shape index (κ2) is 9.41. The number of amides is 3. The lowest BCUT2D eigenvalue weighted by molar-refractivity contribution is -0.136. The number of nitrogens with one attached hydrogen (secondary N) is 1. The van der Waals surface area contributed by atoms with Crippen LogP contribution >= 0.6 is 0 Å². The van der Waals surface area contributed by atoms with Gasteiger partial charge in [0.1, 0.15) is 17.6 Å². The highest BCUT2D eigenvalue weighted by atomic mass is 19.1. The fourth-order valence-electron chi connectivity index (χ4n) is 5.69. The Morgan fingerprint density at radius 3 is 2.60 bits per heavy atom. The van der Waals surface area contributed by atoms with Crippen LogP contribution in [0.4, 0.5) is 4.39 Å². The molecule has 3 amide bonds. The minimum Gasteiger partial charge on any atom is -0.496 e. The number of benzene rings is 2. The van der Waals surface area contributed by atoms with E-state index >= 15 is 4.39 Å². The lowest BCUT2D eigenvalue weighted by atomic mass is 9.87. The van der Waals surface area contributed by atoms with E-state index in [-0.39, 0.29) is 36.5 Å². The van der Waals surface area contributed by atoms with Gasteiger partial charge >= 0.3 is 0 Å². The molecular weight excluding hydrogens is 449 g/mol. The highest BCUT2D eigenvalue weighted by Gasteiger charge is 2.40. The van der Waals surface area contributed by atoms with Crippen LogP contribution < -0.4 is 10.1 Å². The normalized spacial score (nSPS) is 21.3. The van der Waals surface area contributed by atoms with Crippen LogP contribution in [0, 0.1) is 12.7 Å². The third-order valence-electron chi connectivity index (χ3n) is 7.56. The second-order valence-electron chi connectivity index (χ2n) is 9.75. The van der Waals surface area contributed by atoms with Gasteiger partial charge in [-0.05, 0) is 68.0 Å². The molecule has 2 saturated heterocycles. The number of imide groups is 1. The minimum atomic E-state index is -0.694. The molecule has 3 aliphatic heterocycles. The quantitative estimate of drug-likeness (QED) is 0.666. The average molecular weight is 480 g/mol. The van der Waals surface area contributed by atoms with Crippen molar-refractivity contribution in [1.82, 2.24) is 15.1 Å². The van der Waals surface area contributed by atoms with Crippen molar-refractivity contribution in [2.75, 3.05) is 20.2 Å². The first-order chi connectivity index (χ1) is 16.9. The maximum absolute atomic E-state index is 15.2. The Labute approximate surface area is 204 Å². The number of aryl methyl sites for hydroxylation is 1. The van der Waals surface area contributed by atoms with Crippen molar-refractivity contribution < 1.29 is 23.5 Å². The van der Waals surface area contributed by atoms with Crippen LogP contribution in [-0.4, -0.2) is 53.8 Å². The fraction of sp³-hybridized carbons (Fsp3) is 0.444. The molecule has 0 aromatic heterocycles. The van der Waals surface area contributed by atoms with Gasteiger partial charge in [0, 0.05) is 30.6 Å². The summed E-state index contributed by atoms with van der Waals surface area (Å²) in [6.07, 6.45) is 2.15. The molecule has 1 N–H and O–H groups in total. The summed E-state index contributed by atoms with van der Waals surface area (Å²) in [4.78, 5) is 40.5. The monoisotopic (exact) mass is 479 g/mol. The SMILES string of the molecule is COc1c(C)cccc1CN1CCC(c2cc3c(cc2F)C(=O)N(C2CCC(=O)NC2=O)C3)CC1. The smallest absolute Gasteiger partial charge is 0.255 e. The topological polar surface area (TPSA) is 79.0 Å². The molecule has 1 atom stereocenters. The van der Waals surface area contributed by atoms with Crippen molar-refractivity contribution in [1.29, 1.82) is 0 Å². The first kappa shape index (κ1) is 23.5. The zero-order chi connectivity index (χ0) is 24.7. The van der Waals surface area contributed by atoms with Gasteiger partial charge in [-0.15, -0.1) is 0 Å². The molecule has 35 heavy (non-hydrogen) atoms. The molecule has 8 heteroatoms. The van der Waals surface area contributed by atoms with Gasteiger partial charge in [0.25, 0.3) is 5.91 Å². The standard InChI is InChI=1S/C27H30FN3O4/c1-16-4-3-5-18(25(16)35-2)14-30-10-8-17(9-11-30)20-12-19-15-31(27(34)21(19)13-22(20)28)23-6-7-24(32)29-26(23)33/h3-5,12-13,17,23H,6-11,14-15H2,1-2H3,(H,29,32,33). The Kier molecular flexibility index (Phi) is 6.32. The van der Waals surface area contributed by atoms with Crippen LogP contribution in [0.25, 0.3) is 0 Å². The van der Waals surface area contributed by atoms with Crippen molar-refractivity contribution in [3.63, 3.8) is 0 Å². The molecule has 0 saturated carbocycles. The molecule has 0 spiro atoms. The number of ether oxygens (including phenoxy) is 1. The molecule has 1 unspecified atom stereocenters. The summed E-state index contributed by atoms with van der Waals surface area (Å²) in [7, 11) is 1.70. The van der Waals surface area contributed by atoms with Crippen LogP contribution in [0.5, 0.6) is 5.75 Å². The molecular formula is C27H30FN3O4. The zero-order valence-electron chi connectivity index (χ0n) is 20.1. The Hall–Kier alpha value is -3.26. The van der Waals surface area contributed by atoms with E-state index in [1.807, 2.05) is 25.1 Å². The van der Waals surface area contributed by atoms with Gasteiger partial charge in [-0.2, -0.15) is 0 Å². The lowest BCUT2D eigenvalue weighted by Crippen LogP contribution is -2.52. The van der Waals surface area contributed by atoms with Crippen molar-refractivity contribution in [3.05, 3.63) is 64.0 Å². The number of rotatable bonds is 5. The highest BCUT2D eigenvalue weighted by molar-refractivity contribution is 6.05. The molecule has 3 aliphatic rings. The maximum Gasteiger partial charge on any atom is 0.255 e. The van der Waals surface area contributed by atoms with Crippen LogP contribution in [0.15, 0.2) is 30.3 Å². The maximum atomic E-state index is 15.2. The summed E-state index contributed by atoms with van der Waals surface area (Å²) in [6, 6.07) is 8.63. The van der Waals surface area contributed by atoms with Gasteiger partial charge in [-0.25, -0.2) is 4.39 Å². The molecule has 2 aromatic carbocycles. The lowest BCUT2D eigenvalue weighted by Gasteiger charge is -2.33. The second-order valence-corrected chi connectivity index (χ2v) is 9.75. The predicted molar refractivity (Wildman–Crippen MR) is 127 cm³/mol. The molecule has 3 heterocycles. The van der Waals surface area contributed by atoms with E-state index in [0.29, 0.717) is 17.5 Å². The van der Waals surface area contributed by atoms with Crippen LogP contribution in [0.3, 0.4) is 0 Å². The number of likely N-dealkylation sites (tertiary alicyclic amines) is 1. The van der Waals surface area contributed by atoms with Crippen molar-refractivity contribution in [2.45, 2.75) is 57.7 Å². The molecule has 184 valence electrons. The first-order valence-electron chi connectivity index (χ1n) is 12.2. The number of fused-ring (bicyclic) bond motifs is 1. The number of hydrogen-bond acceptors (Lipinski definition) is 5. The van der Waals surface area contributed by atoms with Crippen LogP contribution in [0.2, 0.25) is 0 Å². The summed E-state index contributed by atoms with van der Waals surface area (Å²) >= 11 is 0. The summed E-state index contributed by atoms with van der Waals surface area (Å²) in [5.74, 6) is -0.486. The summed E-state index contributed by atoms with van der Waals surface area (Å²) in [6.45, 7) is 4.79. The molecule has 5 rings (SSSR count). The van der Waals surface area contributed by atoms with E-state index in [2.05, 4.69) is 16.3 Å². The van der Waals surface area contributed by atoms with Crippen molar-refractivity contribution >= 4 is 17.7 Å². The van der Waals surface area contributed by atoms with Gasteiger partial charge < -0.3 is 9.64 Å². The van der Waals surface area contributed by atoms with E-state index < -0.39 is 11.9 Å². The minimum absolute atomic E-state index is 0.0794. The number of hydrogen-bond donors (Lipinski definition) is 1. The van der Waals surface area contributed by atoms with E-state index in [1.165, 1.54) is 11.0 Å². The van der Waals surface area contributed by atoms with Gasteiger partial charge in [0.2, 0.25) is 11.8 Å². The zero-order valence-corrected chi connectivity index (χ0v) is 20.1. The predicted octanol–water partition coefficient (Wildman–Crippen LogP) is 3.28. The number of carbonyl (C=O) groups is 3. The fourth-order valence-corrected chi connectivity index (χ4v) is 5.69. The Balaban J connectivity index is 1.27. The molecule has 0 aliphatic carbocycles. The largest absolute Gasteiger partial charge is 0.496 e. The van der Waals surface area contributed by atoms with Gasteiger partial charge in [-0.3, -0.25) is 24.6 Å². The van der Waals surface area contributed by atoms with E-state index in [4.69, 9.17) is 4.74 Å². The van der Waals surface area contributed by atoms with Crippen LogP contribution in [-0.2, 0) is 22.7 Å². The highest BCUT2D eigenvalue weighted by Crippen LogP contribution is 2.36. The Morgan fingerprint density at radius 2 is 1.89 bits per heavy atom. The van der Waals surface area contributed by atoms with E-state index in [0.717, 1.165) is 54.9 Å². The van der Waals surface area contributed by atoms with Gasteiger partial charge in [0.05, 0.1) is 7.11 Å².